The predicted molar refractivity (Wildman–Crippen MR) is 158 cm³/mol. The fraction of sp³-hybridized carbons (Fsp3) is 0.424. The fourth-order valence-corrected chi connectivity index (χ4v) is 5.00. The van der Waals surface area contributed by atoms with Gasteiger partial charge in [0.15, 0.2) is 0 Å². The van der Waals surface area contributed by atoms with E-state index in [1.54, 1.807) is 0 Å². The van der Waals surface area contributed by atoms with E-state index in [9.17, 15) is 0 Å². The van der Waals surface area contributed by atoms with E-state index in [1.807, 2.05) is 0 Å². The van der Waals surface area contributed by atoms with Crippen LogP contribution in [0.2, 0.25) is 0 Å². The Balaban J connectivity index is 2.21. The molecule has 0 heterocycles. The molecule has 0 aliphatic rings. The molecule has 0 aliphatic heterocycles. The molecule has 0 aromatic heterocycles. The Hall–Kier alpha value is -2.91. The summed E-state index contributed by atoms with van der Waals surface area (Å²) in [6.07, 6.45) is 0.753. The van der Waals surface area contributed by atoms with Crippen LogP contribution in [0.25, 0.3) is 0 Å². The van der Waals surface area contributed by atoms with Crippen LogP contribution in [0.4, 0.5) is 11.4 Å². The average molecular weight is 484 g/mol. The lowest BCUT2D eigenvalue weighted by Crippen LogP contribution is -2.20. The molecule has 0 bridgehead atoms. The van der Waals surface area contributed by atoms with Crippen molar-refractivity contribution in [2.45, 2.75) is 80.2 Å². The standard InChI is InChI=1S/C33H45N3/c1-21(2)28-15-11-13-24(6)32(28)34-31(35-33-25(7)14-12-16-29(33)22(3)4)19-27-18-23(5)17-26(8)30(27)20-36(9)10/h11-18,21-22H,19-20H2,1-10H3,(H,34,35). The van der Waals surface area contributed by atoms with Crippen LogP contribution < -0.4 is 5.32 Å². The Morgan fingerprint density at radius 1 is 0.806 bits per heavy atom. The Labute approximate surface area is 219 Å². The summed E-state index contributed by atoms with van der Waals surface area (Å²) in [6.45, 7) is 18.7. The number of nitrogens with one attached hydrogen (secondary N) is 1. The van der Waals surface area contributed by atoms with Gasteiger partial charge in [-0.2, -0.15) is 0 Å². The highest BCUT2D eigenvalue weighted by molar-refractivity contribution is 6.00. The lowest BCUT2D eigenvalue weighted by Gasteiger charge is -2.22. The normalized spacial score (nSPS) is 12.2. The quantitative estimate of drug-likeness (QED) is 0.256. The SMILES string of the molecule is Cc1cc(C)c(CN(C)C)c(CC(=Nc2c(C)cccc2C(C)C)Nc2c(C)cccc2C(C)C)c1. The molecule has 0 fully saturated rings. The van der Waals surface area contributed by atoms with Crippen LogP contribution in [-0.4, -0.2) is 24.8 Å². The van der Waals surface area contributed by atoms with Crippen molar-refractivity contribution >= 4 is 17.2 Å². The molecule has 0 unspecified atom stereocenters. The van der Waals surface area contributed by atoms with Gasteiger partial charge in [-0.25, -0.2) is 4.99 Å². The fourth-order valence-electron chi connectivity index (χ4n) is 5.00. The lowest BCUT2D eigenvalue weighted by molar-refractivity contribution is 0.400. The van der Waals surface area contributed by atoms with Crippen molar-refractivity contribution in [3.63, 3.8) is 0 Å². The van der Waals surface area contributed by atoms with Crippen molar-refractivity contribution in [3.8, 4) is 0 Å². The first-order valence-electron chi connectivity index (χ1n) is 13.2. The van der Waals surface area contributed by atoms with E-state index in [1.165, 1.54) is 50.2 Å². The second kappa shape index (κ2) is 11.9. The molecule has 0 saturated carbocycles. The third-order valence-corrected chi connectivity index (χ3v) is 6.88. The number of hydrogen-bond acceptors (Lipinski definition) is 2. The Kier molecular flexibility index (Phi) is 9.13. The highest BCUT2D eigenvalue weighted by atomic mass is 15.1. The molecular weight excluding hydrogens is 438 g/mol. The van der Waals surface area contributed by atoms with E-state index in [0.717, 1.165) is 24.5 Å². The van der Waals surface area contributed by atoms with E-state index in [0.29, 0.717) is 11.8 Å². The van der Waals surface area contributed by atoms with Gasteiger partial charge in [-0.1, -0.05) is 81.8 Å². The van der Waals surface area contributed by atoms with Gasteiger partial charge in [-0.05, 0) is 92.6 Å². The van der Waals surface area contributed by atoms with Gasteiger partial charge in [0.25, 0.3) is 0 Å². The van der Waals surface area contributed by atoms with E-state index in [-0.39, 0.29) is 0 Å². The minimum absolute atomic E-state index is 0.403. The first-order chi connectivity index (χ1) is 17.0. The van der Waals surface area contributed by atoms with Crippen LogP contribution in [0.5, 0.6) is 0 Å². The molecule has 0 atom stereocenters. The van der Waals surface area contributed by atoms with Gasteiger partial charge < -0.3 is 10.2 Å². The maximum absolute atomic E-state index is 5.38. The third-order valence-electron chi connectivity index (χ3n) is 6.88. The van der Waals surface area contributed by atoms with Gasteiger partial charge in [-0.3, -0.25) is 0 Å². The maximum atomic E-state index is 5.38. The molecule has 3 aromatic carbocycles. The first-order valence-corrected chi connectivity index (χ1v) is 13.2. The van der Waals surface area contributed by atoms with Crippen molar-refractivity contribution in [1.82, 2.24) is 4.90 Å². The zero-order valence-corrected chi connectivity index (χ0v) is 24.1. The Morgan fingerprint density at radius 3 is 2.03 bits per heavy atom. The van der Waals surface area contributed by atoms with Gasteiger partial charge >= 0.3 is 0 Å². The zero-order valence-electron chi connectivity index (χ0n) is 24.1. The van der Waals surface area contributed by atoms with Gasteiger partial charge in [0.2, 0.25) is 0 Å². The van der Waals surface area contributed by atoms with Gasteiger partial charge in [0.1, 0.15) is 5.84 Å². The van der Waals surface area contributed by atoms with Crippen LogP contribution in [0.15, 0.2) is 53.5 Å². The minimum atomic E-state index is 0.403. The van der Waals surface area contributed by atoms with E-state index < -0.39 is 0 Å². The highest BCUT2D eigenvalue weighted by Crippen LogP contribution is 2.32. The van der Waals surface area contributed by atoms with Gasteiger partial charge in [0, 0.05) is 18.7 Å². The summed E-state index contributed by atoms with van der Waals surface area (Å²) in [5, 5.41) is 3.84. The molecule has 0 radical (unpaired) electrons. The van der Waals surface area contributed by atoms with Crippen molar-refractivity contribution < 1.29 is 0 Å². The van der Waals surface area contributed by atoms with Crippen molar-refractivity contribution in [3.05, 3.63) is 93.0 Å². The van der Waals surface area contributed by atoms with Crippen molar-refractivity contribution in [1.29, 1.82) is 0 Å². The second-order valence-corrected chi connectivity index (χ2v) is 11.2. The monoisotopic (exact) mass is 483 g/mol. The largest absolute Gasteiger partial charge is 0.343 e. The van der Waals surface area contributed by atoms with Gasteiger partial charge in [-0.15, -0.1) is 0 Å². The Morgan fingerprint density at radius 2 is 1.42 bits per heavy atom. The molecule has 3 aromatic rings. The van der Waals surface area contributed by atoms with Crippen molar-refractivity contribution in [2.75, 3.05) is 19.4 Å². The number of aliphatic imine (C=N–C) groups is 1. The number of rotatable bonds is 8. The summed E-state index contributed by atoms with van der Waals surface area (Å²) >= 11 is 0. The number of amidine groups is 1. The first kappa shape index (κ1) is 27.7. The van der Waals surface area contributed by atoms with Crippen LogP contribution in [0.1, 0.15) is 84.0 Å². The van der Waals surface area contributed by atoms with Crippen LogP contribution in [0, 0.1) is 27.7 Å². The molecule has 0 amide bonds. The summed E-state index contributed by atoms with van der Waals surface area (Å²) in [6, 6.07) is 17.7. The smallest absolute Gasteiger partial charge is 0.111 e. The van der Waals surface area contributed by atoms with E-state index in [4.69, 9.17) is 4.99 Å². The van der Waals surface area contributed by atoms with Crippen LogP contribution in [-0.2, 0) is 13.0 Å². The molecule has 36 heavy (non-hydrogen) atoms. The summed E-state index contributed by atoms with van der Waals surface area (Å²) in [5.41, 5.74) is 12.7. The molecule has 3 rings (SSSR count). The molecule has 0 aliphatic carbocycles. The number of para-hydroxylation sites is 2. The van der Waals surface area contributed by atoms with E-state index >= 15 is 0 Å². The molecule has 1 N–H and O–H groups in total. The number of nitrogens with zero attached hydrogens (tertiary/aromatic N) is 2. The number of benzene rings is 3. The van der Waals surface area contributed by atoms with Crippen LogP contribution >= 0.6 is 0 Å². The maximum Gasteiger partial charge on any atom is 0.111 e. The molecule has 0 saturated heterocycles. The highest BCUT2D eigenvalue weighted by Gasteiger charge is 2.17. The average Bonchev–Trinajstić information content (AvgIpc) is 2.78. The number of hydrogen-bond donors (Lipinski definition) is 1. The predicted octanol–water partition coefficient (Wildman–Crippen LogP) is 8.61. The van der Waals surface area contributed by atoms with E-state index in [2.05, 4.69) is 128 Å². The summed E-state index contributed by atoms with van der Waals surface area (Å²) in [5.74, 6) is 1.82. The molecule has 3 heteroatoms. The topological polar surface area (TPSA) is 27.6 Å². The molecular formula is C33H45N3. The van der Waals surface area contributed by atoms with Crippen LogP contribution in [0.3, 0.4) is 0 Å². The summed E-state index contributed by atoms with van der Waals surface area (Å²) in [7, 11) is 4.28. The lowest BCUT2D eigenvalue weighted by atomic mass is 9.94. The molecule has 192 valence electrons. The Bertz CT molecular complexity index is 1230. The second-order valence-electron chi connectivity index (χ2n) is 11.2. The zero-order chi connectivity index (χ0) is 26.6. The number of anilines is 1. The molecule has 3 nitrogen and oxygen atoms in total. The summed E-state index contributed by atoms with van der Waals surface area (Å²) < 4.78 is 0. The van der Waals surface area contributed by atoms with Gasteiger partial charge in [0.05, 0.1) is 5.69 Å². The third kappa shape index (κ3) is 6.64. The minimum Gasteiger partial charge on any atom is -0.343 e. The summed E-state index contributed by atoms with van der Waals surface area (Å²) in [4.78, 5) is 7.63. The molecule has 0 spiro atoms. The van der Waals surface area contributed by atoms with Crippen molar-refractivity contribution in [2.24, 2.45) is 4.99 Å². The number of aryl methyl sites for hydroxylation is 4.